The first-order chi connectivity index (χ1) is 11.0. The summed E-state index contributed by atoms with van der Waals surface area (Å²) in [4.78, 5) is 24.4. The Bertz CT molecular complexity index is 683. The van der Waals surface area contributed by atoms with Crippen LogP contribution < -0.4 is 10.9 Å². The molecule has 0 bridgehead atoms. The average Bonchev–Trinajstić information content (AvgIpc) is 2.97. The molecule has 7 heteroatoms. The topological polar surface area (TPSA) is 67.4 Å². The van der Waals surface area contributed by atoms with Crippen molar-refractivity contribution < 1.29 is 14.3 Å². The zero-order chi connectivity index (χ0) is 16.8. The van der Waals surface area contributed by atoms with Crippen LogP contribution in [0.5, 0.6) is 0 Å². The molecule has 0 unspecified atom stereocenters. The van der Waals surface area contributed by atoms with Gasteiger partial charge in [0.05, 0.1) is 21.4 Å². The van der Waals surface area contributed by atoms with Crippen LogP contribution in [0.1, 0.15) is 39.4 Å². The first kappa shape index (κ1) is 17.7. The van der Waals surface area contributed by atoms with Gasteiger partial charge in [0, 0.05) is 5.56 Å². The van der Waals surface area contributed by atoms with Gasteiger partial charge in [-0.25, -0.2) is 0 Å². The summed E-state index contributed by atoms with van der Waals surface area (Å²) in [7, 11) is 0. The third-order valence-electron chi connectivity index (χ3n) is 2.89. The van der Waals surface area contributed by atoms with E-state index in [2.05, 4.69) is 26.8 Å². The van der Waals surface area contributed by atoms with Crippen molar-refractivity contribution in [2.24, 2.45) is 0 Å². The molecule has 0 spiro atoms. The number of thiophene rings is 1. The summed E-state index contributed by atoms with van der Waals surface area (Å²) in [6.45, 7) is 4.44. The molecule has 1 aromatic heterocycles. The number of carbonyl (C=O) groups is 2. The number of hydrogen-bond acceptors (Lipinski definition) is 4. The van der Waals surface area contributed by atoms with Gasteiger partial charge >= 0.3 is 0 Å². The summed E-state index contributed by atoms with van der Waals surface area (Å²) >= 11 is 4.58. The smallest absolute Gasteiger partial charge is 0.279 e. The largest absolute Gasteiger partial charge is 0.374 e. The van der Waals surface area contributed by atoms with Crippen LogP contribution in [0.15, 0.2) is 40.2 Å². The second kappa shape index (κ2) is 8.24. The van der Waals surface area contributed by atoms with Crippen LogP contribution in [0.25, 0.3) is 0 Å². The number of nitrogens with one attached hydrogen (secondary N) is 2. The highest BCUT2D eigenvalue weighted by atomic mass is 79.9. The van der Waals surface area contributed by atoms with Gasteiger partial charge in [0.2, 0.25) is 0 Å². The molecule has 1 aromatic carbocycles. The summed E-state index contributed by atoms with van der Waals surface area (Å²) in [6.07, 6.45) is 0.158. The highest BCUT2D eigenvalue weighted by molar-refractivity contribution is 9.11. The van der Waals surface area contributed by atoms with Gasteiger partial charge in [-0.05, 0) is 59.6 Å². The van der Waals surface area contributed by atoms with E-state index in [9.17, 15) is 9.59 Å². The van der Waals surface area contributed by atoms with E-state index in [1.807, 2.05) is 26.0 Å². The maximum atomic E-state index is 12.0. The molecule has 122 valence electrons. The lowest BCUT2D eigenvalue weighted by Crippen LogP contribution is -2.41. The van der Waals surface area contributed by atoms with Gasteiger partial charge in [0.25, 0.3) is 11.8 Å². The van der Waals surface area contributed by atoms with Crippen molar-refractivity contribution >= 4 is 39.1 Å². The third kappa shape index (κ3) is 5.46. The first-order valence-corrected chi connectivity index (χ1v) is 8.63. The average molecular weight is 397 g/mol. The summed E-state index contributed by atoms with van der Waals surface area (Å²) < 4.78 is 6.35. The summed E-state index contributed by atoms with van der Waals surface area (Å²) in [6, 6.07) is 10.5. The molecule has 2 rings (SSSR count). The second-order valence-corrected chi connectivity index (χ2v) is 7.53. The molecule has 0 radical (unpaired) electrons. The number of carbonyl (C=O) groups excluding carboxylic acids is 2. The lowest BCUT2D eigenvalue weighted by atomic mass is 10.1. The van der Waals surface area contributed by atoms with E-state index in [1.54, 1.807) is 24.3 Å². The Morgan fingerprint density at radius 3 is 2.30 bits per heavy atom. The van der Waals surface area contributed by atoms with Crippen LogP contribution in [0.2, 0.25) is 0 Å². The van der Waals surface area contributed by atoms with Crippen LogP contribution >= 0.6 is 27.3 Å². The van der Waals surface area contributed by atoms with E-state index in [4.69, 9.17) is 4.74 Å². The monoisotopic (exact) mass is 396 g/mol. The van der Waals surface area contributed by atoms with Crippen molar-refractivity contribution in [3.63, 3.8) is 0 Å². The van der Waals surface area contributed by atoms with Crippen molar-refractivity contribution in [3.8, 4) is 0 Å². The molecule has 0 atom stereocenters. The van der Waals surface area contributed by atoms with Crippen LogP contribution in [0, 0.1) is 0 Å². The number of halogens is 1. The number of amides is 2. The zero-order valence-corrected chi connectivity index (χ0v) is 15.2. The predicted molar refractivity (Wildman–Crippen MR) is 93.3 cm³/mol. The van der Waals surface area contributed by atoms with E-state index in [0.29, 0.717) is 17.0 Å². The van der Waals surface area contributed by atoms with Gasteiger partial charge in [0.15, 0.2) is 0 Å². The zero-order valence-electron chi connectivity index (χ0n) is 12.8. The lowest BCUT2D eigenvalue weighted by Gasteiger charge is -2.09. The van der Waals surface area contributed by atoms with Gasteiger partial charge in [-0.2, -0.15) is 0 Å². The van der Waals surface area contributed by atoms with Gasteiger partial charge < -0.3 is 4.74 Å². The van der Waals surface area contributed by atoms with E-state index < -0.39 is 0 Å². The van der Waals surface area contributed by atoms with Crippen molar-refractivity contribution in [1.82, 2.24) is 10.9 Å². The Hall–Kier alpha value is -1.70. The molecule has 0 saturated carbocycles. The number of rotatable bonds is 5. The summed E-state index contributed by atoms with van der Waals surface area (Å²) in [5.74, 6) is -0.721. The Kier molecular flexibility index (Phi) is 6.32. The fourth-order valence-electron chi connectivity index (χ4n) is 1.70. The maximum absolute atomic E-state index is 12.0. The molecule has 2 amide bonds. The Morgan fingerprint density at radius 2 is 1.74 bits per heavy atom. The molecule has 23 heavy (non-hydrogen) atoms. The number of hydrogen-bond donors (Lipinski definition) is 2. The normalized spacial score (nSPS) is 10.6. The Balaban J connectivity index is 1.87. The Morgan fingerprint density at radius 1 is 1.09 bits per heavy atom. The van der Waals surface area contributed by atoms with E-state index in [1.165, 1.54) is 11.3 Å². The van der Waals surface area contributed by atoms with Crippen molar-refractivity contribution in [3.05, 3.63) is 56.2 Å². The fourth-order valence-corrected chi connectivity index (χ4v) is 2.98. The molecule has 2 aromatic rings. The lowest BCUT2D eigenvalue weighted by molar-refractivity contribution is 0.0656. The van der Waals surface area contributed by atoms with Crippen LogP contribution in [0.4, 0.5) is 0 Å². The molecule has 5 nitrogen and oxygen atoms in total. The molecule has 0 fully saturated rings. The summed E-state index contributed by atoms with van der Waals surface area (Å²) in [5.41, 5.74) is 6.24. The fraction of sp³-hybridized carbons (Fsp3) is 0.250. The van der Waals surface area contributed by atoms with E-state index in [0.717, 1.165) is 9.35 Å². The Labute approximate surface area is 147 Å². The first-order valence-electron chi connectivity index (χ1n) is 7.02. The molecule has 0 saturated heterocycles. The predicted octanol–water partition coefficient (Wildman–Crippen LogP) is 3.51. The summed E-state index contributed by atoms with van der Waals surface area (Å²) in [5, 5.41) is 0. The third-order valence-corrected chi connectivity index (χ3v) is 4.51. The SMILES string of the molecule is CC(C)OCc1ccc(C(=O)NNC(=O)c2ccc(Br)s2)cc1. The van der Waals surface area contributed by atoms with Gasteiger partial charge in [-0.3, -0.25) is 20.4 Å². The second-order valence-electron chi connectivity index (χ2n) is 5.07. The van der Waals surface area contributed by atoms with Gasteiger partial charge in [-0.15, -0.1) is 11.3 Å². The van der Waals surface area contributed by atoms with Crippen molar-refractivity contribution in [2.45, 2.75) is 26.6 Å². The van der Waals surface area contributed by atoms with Gasteiger partial charge in [0.1, 0.15) is 0 Å². The highest BCUT2D eigenvalue weighted by Gasteiger charge is 2.11. The number of benzene rings is 1. The molecular formula is C16H17BrN2O3S. The van der Waals surface area contributed by atoms with Crippen molar-refractivity contribution in [2.75, 3.05) is 0 Å². The highest BCUT2D eigenvalue weighted by Crippen LogP contribution is 2.21. The molecule has 1 heterocycles. The quantitative estimate of drug-likeness (QED) is 0.759. The standard InChI is InChI=1S/C16H17BrN2O3S/c1-10(2)22-9-11-3-5-12(6-4-11)15(20)18-19-16(21)13-7-8-14(17)23-13/h3-8,10H,9H2,1-2H3,(H,18,20)(H,19,21). The molecule has 0 aliphatic carbocycles. The van der Waals surface area contributed by atoms with E-state index >= 15 is 0 Å². The minimum atomic E-state index is -0.370. The van der Waals surface area contributed by atoms with Crippen LogP contribution in [-0.4, -0.2) is 17.9 Å². The van der Waals surface area contributed by atoms with Gasteiger partial charge in [-0.1, -0.05) is 12.1 Å². The molecule has 0 aliphatic rings. The number of ether oxygens (including phenoxy) is 1. The molecule has 0 aliphatic heterocycles. The molecular weight excluding hydrogens is 380 g/mol. The van der Waals surface area contributed by atoms with Crippen LogP contribution in [-0.2, 0) is 11.3 Å². The minimum Gasteiger partial charge on any atom is -0.374 e. The van der Waals surface area contributed by atoms with Crippen molar-refractivity contribution in [1.29, 1.82) is 0 Å². The van der Waals surface area contributed by atoms with E-state index in [-0.39, 0.29) is 17.9 Å². The number of hydrazine groups is 1. The molecule has 2 N–H and O–H groups in total. The minimum absolute atomic E-state index is 0.158. The van der Waals surface area contributed by atoms with Crippen LogP contribution in [0.3, 0.4) is 0 Å². The maximum Gasteiger partial charge on any atom is 0.279 e.